The molecule has 0 aliphatic carbocycles. The van der Waals surface area contributed by atoms with Crippen molar-refractivity contribution in [1.29, 1.82) is 0 Å². The molecule has 1 aliphatic heterocycles. The first kappa shape index (κ1) is 14.6. The summed E-state index contributed by atoms with van der Waals surface area (Å²) in [5, 5.41) is 12.5. The number of carbonyl (C=O) groups is 2. The third-order valence-corrected chi connectivity index (χ3v) is 4.09. The molecule has 0 spiro atoms. The molecule has 116 valence electrons. The van der Waals surface area contributed by atoms with E-state index in [-0.39, 0.29) is 11.9 Å². The van der Waals surface area contributed by atoms with Crippen LogP contribution in [-0.4, -0.2) is 52.0 Å². The van der Waals surface area contributed by atoms with E-state index in [1.165, 1.54) is 17.9 Å². The monoisotopic (exact) mass is 301 g/mol. The first-order valence-electron chi connectivity index (χ1n) is 7.38. The molecular formula is C16H19N3O3. The highest BCUT2D eigenvalue weighted by atomic mass is 16.4. The van der Waals surface area contributed by atoms with Crippen molar-refractivity contribution in [3.8, 4) is 0 Å². The molecule has 1 aliphatic rings. The fourth-order valence-electron chi connectivity index (χ4n) is 2.64. The number of carboxylic acid groups (broad SMARTS) is 1. The number of aromatic amines is 1. The van der Waals surface area contributed by atoms with E-state index in [0.29, 0.717) is 6.54 Å². The number of fused-ring (bicyclic) bond motifs is 1. The maximum absolute atomic E-state index is 11.9. The number of carbonyl (C=O) groups excluding carboxylic acids is 1. The second-order valence-corrected chi connectivity index (χ2v) is 5.69. The number of aromatic nitrogens is 1. The number of nitrogens with zero attached hydrogens (tertiary/aromatic N) is 1. The molecule has 0 radical (unpaired) electrons. The van der Waals surface area contributed by atoms with Crippen molar-refractivity contribution in [2.75, 3.05) is 13.1 Å². The molecule has 2 aromatic rings. The maximum atomic E-state index is 11.9. The van der Waals surface area contributed by atoms with Gasteiger partial charge < -0.3 is 15.4 Å². The van der Waals surface area contributed by atoms with Crippen LogP contribution in [0.5, 0.6) is 0 Å². The van der Waals surface area contributed by atoms with Gasteiger partial charge in [0.25, 0.3) is 0 Å². The van der Waals surface area contributed by atoms with Crippen molar-refractivity contribution in [1.82, 2.24) is 15.2 Å². The molecule has 1 saturated heterocycles. The molecule has 1 aromatic heterocycles. The predicted molar refractivity (Wildman–Crippen MR) is 82.6 cm³/mol. The number of benzene rings is 1. The Balaban J connectivity index is 1.52. The molecule has 0 saturated carbocycles. The minimum absolute atomic E-state index is 0.188. The van der Waals surface area contributed by atoms with Crippen molar-refractivity contribution >= 4 is 22.8 Å². The number of carboxylic acids is 1. The van der Waals surface area contributed by atoms with E-state index in [0.717, 1.165) is 18.5 Å². The average molecular weight is 301 g/mol. The summed E-state index contributed by atoms with van der Waals surface area (Å²) in [4.78, 5) is 27.9. The average Bonchev–Trinajstić information content (AvgIpc) is 3.17. The van der Waals surface area contributed by atoms with Crippen LogP contribution in [0.3, 0.4) is 0 Å². The number of nitrogens with one attached hydrogen (secondary N) is 2. The Hall–Kier alpha value is -2.34. The Bertz CT molecular complexity index is 709. The lowest BCUT2D eigenvalue weighted by molar-refractivity contribution is -0.141. The zero-order valence-corrected chi connectivity index (χ0v) is 12.4. The molecule has 3 N–H and O–H groups in total. The van der Waals surface area contributed by atoms with Gasteiger partial charge in [-0.3, -0.25) is 14.5 Å². The summed E-state index contributed by atoms with van der Waals surface area (Å²) in [6.07, 6.45) is 2.87. The molecule has 1 fully saturated rings. The predicted octanol–water partition coefficient (Wildman–Crippen LogP) is 0.984. The van der Waals surface area contributed by atoms with E-state index in [1.807, 2.05) is 29.3 Å². The number of para-hydroxylation sites is 1. The Kier molecular flexibility index (Phi) is 3.85. The molecule has 3 unspecified atom stereocenters. The Morgan fingerprint density at radius 2 is 2.23 bits per heavy atom. The first-order valence-corrected chi connectivity index (χ1v) is 7.38. The Morgan fingerprint density at radius 3 is 3.00 bits per heavy atom. The molecule has 2 heterocycles. The molecule has 1 amide bonds. The number of H-pyrrole nitrogens is 1. The highest BCUT2D eigenvalue weighted by Crippen LogP contribution is 2.22. The van der Waals surface area contributed by atoms with Crippen molar-refractivity contribution in [2.24, 2.45) is 0 Å². The van der Waals surface area contributed by atoms with Crippen LogP contribution in [-0.2, 0) is 16.0 Å². The topological polar surface area (TPSA) is 85.2 Å². The number of amides is 1. The third-order valence-electron chi connectivity index (χ3n) is 4.09. The highest BCUT2D eigenvalue weighted by molar-refractivity contribution is 5.88. The van der Waals surface area contributed by atoms with Gasteiger partial charge in [-0.25, -0.2) is 0 Å². The van der Waals surface area contributed by atoms with E-state index < -0.39 is 12.0 Å². The minimum atomic E-state index is -1.01. The summed E-state index contributed by atoms with van der Waals surface area (Å²) in [7, 11) is 0. The molecule has 1 aromatic carbocycles. The number of hydrogen-bond donors (Lipinski definition) is 3. The smallest absolute Gasteiger partial charge is 0.325 e. The summed E-state index contributed by atoms with van der Waals surface area (Å²) in [6.45, 7) is 2.96. The molecule has 6 heteroatoms. The van der Waals surface area contributed by atoms with Crippen LogP contribution in [0.4, 0.5) is 0 Å². The molecule has 3 rings (SSSR count). The molecule has 22 heavy (non-hydrogen) atoms. The van der Waals surface area contributed by atoms with Gasteiger partial charge in [-0.05, 0) is 25.0 Å². The summed E-state index contributed by atoms with van der Waals surface area (Å²) < 4.78 is 0. The number of rotatable bonds is 6. The molecule has 6 nitrogen and oxygen atoms in total. The Morgan fingerprint density at radius 1 is 1.45 bits per heavy atom. The lowest BCUT2D eigenvalue weighted by atomic mass is 10.1. The van der Waals surface area contributed by atoms with E-state index in [2.05, 4.69) is 16.4 Å². The second-order valence-electron chi connectivity index (χ2n) is 5.69. The van der Waals surface area contributed by atoms with Gasteiger partial charge >= 0.3 is 5.97 Å². The van der Waals surface area contributed by atoms with E-state index >= 15 is 0 Å². The first-order chi connectivity index (χ1) is 10.6. The van der Waals surface area contributed by atoms with Crippen LogP contribution < -0.4 is 5.32 Å². The van der Waals surface area contributed by atoms with Crippen molar-refractivity contribution < 1.29 is 14.7 Å². The van der Waals surface area contributed by atoms with Gasteiger partial charge in [0.15, 0.2) is 0 Å². The SMILES string of the molecule is CC(NC(=O)C1CN1CCc1c[nH]c2ccccc12)C(=O)O. The van der Waals surface area contributed by atoms with Crippen LogP contribution in [0.25, 0.3) is 10.9 Å². The van der Waals surface area contributed by atoms with Gasteiger partial charge in [0.05, 0.1) is 0 Å². The zero-order valence-electron chi connectivity index (χ0n) is 12.4. The van der Waals surface area contributed by atoms with Crippen molar-refractivity contribution in [3.05, 3.63) is 36.0 Å². The fourth-order valence-corrected chi connectivity index (χ4v) is 2.64. The van der Waals surface area contributed by atoms with Crippen LogP contribution in [0, 0.1) is 0 Å². The molecular weight excluding hydrogens is 282 g/mol. The fraction of sp³-hybridized carbons (Fsp3) is 0.375. The summed E-state index contributed by atoms with van der Waals surface area (Å²) in [6, 6.07) is 7.11. The van der Waals surface area contributed by atoms with Gasteiger partial charge in [0.1, 0.15) is 12.1 Å². The summed E-state index contributed by atoms with van der Waals surface area (Å²) in [5.74, 6) is -1.21. The quantitative estimate of drug-likeness (QED) is 0.694. The normalized spacial score (nSPS) is 21.5. The highest BCUT2D eigenvalue weighted by Gasteiger charge is 2.40. The second kappa shape index (κ2) is 5.81. The maximum Gasteiger partial charge on any atom is 0.325 e. The number of aliphatic carboxylic acids is 1. The van der Waals surface area contributed by atoms with Crippen LogP contribution in [0.2, 0.25) is 0 Å². The van der Waals surface area contributed by atoms with Crippen LogP contribution in [0.15, 0.2) is 30.5 Å². The van der Waals surface area contributed by atoms with E-state index in [1.54, 1.807) is 0 Å². The third kappa shape index (κ3) is 2.96. The largest absolute Gasteiger partial charge is 0.480 e. The van der Waals surface area contributed by atoms with Gasteiger partial charge in [-0.15, -0.1) is 0 Å². The lowest BCUT2D eigenvalue weighted by Crippen LogP contribution is -2.41. The minimum Gasteiger partial charge on any atom is -0.480 e. The standard InChI is InChI=1S/C16H19N3O3/c1-10(16(21)22)18-15(20)14-9-19(14)7-6-11-8-17-13-5-3-2-4-12(11)13/h2-5,8,10,14,17H,6-7,9H2,1H3,(H,18,20)(H,21,22). The lowest BCUT2D eigenvalue weighted by Gasteiger charge is -2.09. The van der Waals surface area contributed by atoms with E-state index in [9.17, 15) is 9.59 Å². The Labute approximate surface area is 128 Å². The van der Waals surface area contributed by atoms with Gasteiger partial charge in [-0.1, -0.05) is 18.2 Å². The van der Waals surface area contributed by atoms with Crippen molar-refractivity contribution in [3.63, 3.8) is 0 Å². The zero-order chi connectivity index (χ0) is 15.7. The summed E-state index contributed by atoms with van der Waals surface area (Å²) in [5.41, 5.74) is 2.36. The molecule has 3 atom stereocenters. The van der Waals surface area contributed by atoms with Gasteiger partial charge in [0, 0.05) is 30.2 Å². The van der Waals surface area contributed by atoms with Crippen LogP contribution in [0.1, 0.15) is 12.5 Å². The summed E-state index contributed by atoms with van der Waals surface area (Å²) >= 11 is 0. The van der Waals surface area contributed by atoms with Gasteiger partial charge in [-0.2, -0.15) is 0 Å². The van der Waals surface area contributed by atoms with Crippen molar-refractivity contribution in [2.45, 2.75) is 25.4 Å². The van der Waals surface area contributed by atoms with Gasteiger partial charge in [0.2, 0.25) is 5.91 Å². The molecule has 0 bridgehead atoms. The van der Waals surface area contributed by atoms with E-state index in [4.69, 9.17) is 5.11 Å². The van der Waals surface area contributed by atoms with Crippen LogP contribution >= 0.6 is 0 Å². The number of hydrogen-bond acceptors (Lipinski definition) is 3.